The minimum Gasteiger partial charge on any atom is -0.496 e. The maximum absolute atomic E-state index is 12.5. The van der Waals surface area contributed by atoms with Gasteiger partial charge in [-0.05, 0) is 55.3 Å². The Morgan fingerprint density at radius 3 is 2.39 bits per heavy atom. The zero-order valence-electron chi connectivity index (χ0n) is 17.7. The van der Waals surface area contributed by atoms with Gasteiger partial charge in [0, 0.05) is 22.7 Å². The highest BCUT2D eigenvalue weighted by Gasteiger charge is 2.14. The second-order valence-corrected chi connectivity index (χ2v) is 7.75. The topological polar surface area (TPSA) is 62.1 Å². The van der Waals surface area contributed by atoms with Gasteiger partial charge in [0.15, 0.2) is 0 Å². The van der Waals surface area contributed by atoms with Gasteiger partial charge in [0.05, 0.1) is 7.11 Å². The first-order valence-electron chi connectivity index (χ1n) is 9.81. The summed E-state index contributed by atoms with van der Waals surface area (Å²) in [5.41, 5.74) is 5.59. The van der Waals surface area contributed by atoms with Crippen LogP contribution in [0.2, 0.25) is 5.02 Å². The summed E-state index contributed by atoms with van der Waals surface area (Å²) < 4.78 is 5.57. The van der Waals surface area contributed by atoms with Crippen LogP contribution in [0.3, 0.4) is 0 Å². The number of methoxy groups -OCH3 is 1. The Balaban J connectivity index is 1.90. The molecule has 3 aromatic carbocycles. The van der Waals surface area contributed by atoms with Gasteiger partial charge in [-0.25, -0.2) is 0 Å². The molecule has 0 unspecified atom stereocenters. The van der Waals surface area contributed by atoms with E-state index in [1.807, 2.05) is 24.3 Å². The lowest BCUT2D eigenvalue weighted by atomic mass is 9.98. The minimum absolute atomic E-state index is 0.0240. The Morgan fingerprint density at radius 1 is 1.10 bits per heavy atom. The first-order chi connectivity index (χ1) is 14.9. The molecule has 0 aliphatic rings. The van der Waals surface area contributed by atoms with Gasteiger partial charge in [-0.1, -0.05) is 59.1 Å². The number of carbonyl (C=O) groups is 1. The van der Waals surface area contributed by atoms with Crippen molar-refractivity contribution >= 4 is 29.3 Å². The Morgan fingerprint density at radius 2 is 1.77 bits per heavy atom. The molecule has 0 aliphatic carbocycles. The van der Waals surface area contributed by atoms with Crippen LogP contribution in [0.15, 0.2) is 66.2 Å². The molecule has 0 fully saturated rings. The lowest BCUT2D eigenvalue weighted by Gasteiger charge is -2.13. The number of ether oxygens (including phenoxy) is 1. The van der Waals surface area contributed by atoms with Crippen molar-refractivity contribution in [3.63, 3.8) is 0 Å². The molecule has 3 aromatic rings. The van der Waals surface area contributed by atoms with Crippen LogP contribution in [0.5, 0.6) is 5.75 Å². The monoisotopic (exact) mass is 430 g/mol. The van der Waals surface area contributed by atoms with E-state index in [4.69, 9.17) is 16.3 Å². The van der Waals surface area contributed by atoms with E-state index in [0.29, 0.717) is 28.4 Å². The van der Waals surface area contributed by atoms with E-state index in [9.17, 15) is 10.1 Å². The molecule has 3 rings (SSSR count). The zero-order valence-corrected chi connectivity index (χ0v) is 18.5. The highest BCUT2D eigenvalue weighted by molar-refractivity contribution is 6.31. The number of rotatable bonds is 6. The highest BCUT2D eigenvalue weighted by Crippen LogP contribution is 2.32. The Bertz CT molecular complexity index is 1160. The molecule has 0 bridgehead atoms. The molecule has 31 heavy (non-hydrogen) atoms. The number of nitrogens with zero attached hydrogens (tertiary/aromatic N) is 1. The first kappa shape index (κ1) is 22.1. The molecule has 1 amide bonds. The lowest BCUT2D eigenvalue weighted by molar-refractivity contribution is -0.112. The SMILES string of the molecule is COc1cc(/C=C(\C#N)C(=O)Nc2ccccc2)cc(Cl)c1Cc1cc(C)cc(C)c1. The fourth-order valence-corrected chi connectivity index (χ4v) is 3.76. The number of aryl methyl sites for hydroxylation is 2. The molecule has 0 heterocycles. The third-order valence-corrected chi connectivity index (χ3v) is 5.10. The molecule has 0 radical (unpaired) electrons. The summed E-state index contributed by atoms with van der Waals surface area (Å²) in [5, 5.41) is 12.7. The molecule has 156 valence electrons. The fourth-order valence-electron chi connectivity index (χ4n) is 3.48. The van der Waals surface area contributed by atoms with Crippen LogP contribution >= 0.6 is 11.6 Å². The number of hydrogen-bond acceptors (Lipinski definition) is 3. The van der Waals surface area contributed by atoms with E-state index in [1.54, 1.807) is 31.4 Å². The van der Waals surface area contributed by atoms with E-state index >= 15 is 0 Å². The normalized spacial score (nSPS) is 11.0. The van der Waals surface area contributed by atoms with Crippen molar-refractivity contribution in [2.45, 2.75) is 20.3 Å². The summed E-state index contributed by atoms with van der Waals surface area (Å²) in [7, 11) is 1.58. The second-order valence-electron chi connectivity index (χ2n) is 7.35. The molecule has 5 heteroatoms. The number of amides is 1. The van der Waals surface area contributed by atoms with Gasteiger partial charge < -0.3 is 10.1 Å². The lowest BCUT2D eigenvalue weighted by Crippen LogP contribution is -2.13. The van der Waals surface area contributed by atoms with Crippen molar-refractivity contribution in [1.82, 2.24) is 0 Å². The zero-order chi connectivity index (χ0) is 22.4. The number of benzene rings is 3. The van der Waals surface area contributed by atoms with Gasteiger partial charge in [0.2, 0.25) is 0 Å². The Labute approximate surface area is 187 Å². The molecular weight excluding hydrogens is 408 g/mol. The van der Waals surface area contributed by atoms with Gasteiger partial charge in [0.1, 0.15) is 17.4 Å². The van der Waals surface area contributed by atoms with Crippen LogP contribution < -0.4 is 10.1 Å². The summed E-state index contributed by atoms with van der Waals surface area (Å²) in [6.45, 7) is 4.13. The molecule has 0 aromatic heterocycles. The van der Waals surface area contributed by atoms with Crippen molar-refractivity contribution in [1.29, 1.82) is 5.26 Å². The summed E-state index contributed by atoms with van der Waals surface area (Å²) in [6.07, 6.45) is 2.13. The second kappa shape index (κ2) is 9.97. The van der Waals surface area contributed by atoms with Crippen molar-refractivity contribution in [3.8, 4) is 11.8 Å². The Kier molecular flexibility index (Phi) is 7.12. The standard InChI is InChI=1S/C26H23ClN2O2/c1-17-9-18(2)11-19(10-17)13-23-24(27)14-20(15-25(23)31-3)12-21(16-28)26(30)29-22-7-5-4-6-8-22/h4-12,14-15H,13H2,1-3H3,(H,29,30)/b21-12+. The smallest absolute Gasteiger partial charge is 0.266 e. The Hall–Kier alpha value is -3.55. The van der Waals surface area contributed by atoms with Gasteiger partial charge in [0.25, 0.3) is 5.91 Å². The third-order valence-electron chi connectivity index (χ3n) is 4.77. The van der Waals surface area contributed by atoms with Crippen LogP contribution in [-0.2, 0) is 11.2 Å². The average molecular weight is 431 g/mol. The van der Waals surface area contributed by atoms with Gasteiger partial charge >= 0.3 is 0 Å². The minimum atomic E-state index is -0.483. The van der Waals surface area contributed by atoms with E-state index in [0.717, 1.165) is 11.1 Å². The number of halogens is 1. The maximum atomic E-state index is 12.5. The van der Waals surface area contributed by atoms with Crippen LogP contribution in [-0.4, -0.2) is 13.0 Å². The first-order valence-corrected chi connectivity index (χ1v) is 10.2. The van der Waals surface area contributed by atoms with Crippen molar-refractivity contribution < 1.29 is 9.53 Å². The maximum Gasteiger partial charge on any atom is 0.266 e. The summed E-state index contributed by atoms with van der Waals surface area (Å²) in [4.78, 5) is 12.5. The number of nitrogens with one attached hydrogen (secondary N) is 1. The summed E-state index contributed by atoms with van der Waals surface area (Å²) >= 11 is 6.59. The molecule has 0 saturated carbocycles. The molecule has 0 saturated heterocycles. The van der Waals surface area contributed by atoms with Crippen molar-refractivity contribution in [2.75, 3.05) is 12.4 Å². The third kappa shape index (κ3) is 5.75. The van der Waals surface area contributed by atoms with E-state index in [1.165, 1.54) is 17.2 Å². The van der Waals surface area contributed by atoms with Gasteiger partial charge in [-0.15, -0.1) is 0 Å². The quantitative estimate of drug-likeness (QED) is 0.379. The number of anilines is 1. The van der Waals surface area contributed by atoms with Crippen LogP contribution in [0.4, 0.5) is 5.69 Å². The van der Waals surface area contributed by atoms with Gasteiger partial charge in [-0.3, -0.25) is 4.79 Å². The number of hydrogen-bond donors (Lipinski definition) is 1. The van der Waals surface area contributed by atoms with Crippen LogP contribution in [0.25, 0.3) is 6.08 Å². The van der Waals surface area contributed by atoms with E-state index < -0.39 is 5.91 Å². The fraction of sp³-hybridized carbons (Fsp3) is 0.154. The highest BCUT2D eigenvalue weighted by atomic mass is 35.5. The molecule has 0 aliphatic heterocycles. The van der Waals surface area contributed by atoms with Crippen LogP contribution in [0, 0.1) is 25.2 Å². The molecule has 0 atom stereocenters. The summed E-state index contributed by atoms with van der Waals surface area (Å²) in [5.74, 6) is 0.127. The van der Waals surface area contributed by atoms with Crippen molar-refractivity contribution in [3.05, 3.63) is 99.1 Å². The van der Waals surface area contributed by atoms with Gasteiger partial charge in [-0.2, -0.15) is 5.26 Å². The predicted molar refractivity (Wildman–Crippen MR) is 125 cm³/mol. The van der Waals surface area contributed by atoms with Crippen LogP contribution in [0.1, 0.15) is 27.8 Å². The van der Waals surface area contributed by atoms with E-state index in [-0.39, 0.29) is 5.57 Å². The molecule has 1 N–H and O–H groups in total. The average Bonchev–Trinajstić information content (AvgIpc) is 2.73. The predicted octanol–water partition coefficient (Wildman–Crippen LogP) is 6.10. The largest absolute Gasteiger partial charge is 0.496 e. The number of nitriles is 1. The number of carbonyl (C=O) groups excluding carboxylic acids is 1. The summed E-state index contributed by atoms with van der Waals surface area (Å²) in [6, 6.07) is 20.9. The molecular formula is C26H23ClN2O2. The molecule has 0 spiro atoms. The van der Waals surface area contributed by atoms with Crippen molar-refractivity contribution in [2.24, 2.45) is 0 Å². The molecule has 4 nitrogen and oxygen atoms in total. The number of para-hydroxylation sites is 1. The van der Waals surface area contributed by atoms with E-state index in [2.05, 4.69) is 37.4 Å².